The zero-order valence-corrected chi connectivity index (χ0v) is 24.2. The van der Waals surface area contributed by atoms with Crippen LogP contribution in [0.25, 0.3) is 0 Å². The van der Waals surface area contributed by atoms with E-state index in [9.17, 15) is 28.8 Å². The Morgan fingerprint density at radius 1 is 0.714 bits per heavy atom. The first-order valence-corrected chi connectivity index (χ1v) is 13.9. The van der Waals surface area contributed by atoms with Gasteiger partial charge < -0.3 is 29.0 Å². The van der Waals surface area contributed by atoms with Crippen molar-refractivity contribution in [1.82, 2.24) is 0 Å². The average Bonchev–Trinajstić information content (AvgIpc) is 2.93. The first-order chi connectivity index (χ1) is 19.9. The molecule has 12 nitrogen and oxygen atoms in total. The van der Waals surface area contributed by atoms with Crippen LogP contribution in [-0.2, 0) is 47.7 Å². The molecule has 0 saturated carbocycles. The summed E-state index contributed by atoms with van der Waals surface area (Å²) in [7, 11) is 0. The number of ketones is 1. The third-order valence-corrected chi connectivity index (χ3v) is 6.93. The molecule has 1 saturated heterocycles. The second-order valence-corrected chi connectivity index (χ2v) is 10.3. The molecule has 0 unspecified atom stereocenters. The van der Waals surface area contributed by atoms with Crippen LogP contribution in [-0.4, -0.2) is 77.8 Å². The highest BCUT2D eigenvalue weighted by Gasteiger charge is 2.52. The van der Waals surface area contributed by atoms with Gasteiger partial charge in [-0.15, -0.1) is 11.8 Å². The maximum absolute atomic E-state index is 12.8. The largest absolute Gasteiger partial charge is 0.463 e. The summed E-state index contributed by atoms with van der Waals surface area (Å²) in [5.74, 6) is -3.66. The van der Waals surface area contributed by atoms with Crippen LogP contribution in [0.3, 0.4) is 0 Å². The van der Waals surface area contributed by atoms with Crippen LogP contribution in [0.2, 0.25) is 0 Å². The Hall–Kier alpha value is -4.23. The smallest absolute Gasteiger partial charge is 0.303 e. The minimum Gasteiger partial charge on any atom is -0.463 e. The summed E-state index contributed by atoms with van der Waals surface area (Å²) in [6, 6.07) is 15.1. The number of thioether (sulfide) groups is 1. The van der Waals surface area contributed by atoms with Crippen LogP contribution in [0.1, 0.15) is 43.6 Å². The Bertz CT molecular complexity index is 1300. The molecule has 0 aromatic heterocycles. The quantitative estimate of drug-likeness (QED) is 0.228. The van der Waals surface area contributed by atoms with E-state index >= 15 is 0 Å². The standard InChI is InChI=1S/C29H31NO11S/c1-16(31)37-14-23-26(38-17(2)32)27(39-18(3)33)28(40-19(4)34)29(41-23)42-15-24(35)30-22-12-10-21(11-13-22)25(36)20-8-6-5-7-9-20/h5-13,23,26-29H,14-15H2,1-4H3,(H,30,35)/t23-,26-,27+,28-,29+/m1/s1. The zero-order chi connectivity index (χ0) is 30.8. The van der Waals surface area contributed by atoms with Crippen molar-refractivity contribution in [2.45, 2.75) is 57.5 Å². The van der Waals surface area contributed by atoms with Crippen LogP contribution in [0.15, 0.2) is 54.6 Å². The van der Waals surface area contributed by atoms with E-state index in [4.69, 9.17) is 23.7 Å². The van der Waals surface area contributed by atoms with Crippen molar-refractivity contribution in [3.05, 3.63) is 65.7 Å². The zero-order valence-electron chi connectivity index (χ0n) is 23.4. The van der Waals surface area contributed by atoms with Gasteiger partial charge in [-0.2, -0.15) is 0 Å². The molecule has 2 aromatic carbocycles. The number of benzene rings is 2. The van der Waals surface area contributed by atoms with Crippen molar-refractivity contribution in [3.63, 3.8) is 0 Å². The van der Waals surface area contributed by atoms with Crippen LogP contribution in [0.5, 0.6) is 0 Å². The molecule has 1 aliphatic heterocycles. The van der Waals surface area contributed by atoms with E-state index in [-0.39, 0.29) is 18.1 Å². The van der Waals surface area contributed by atoms with Gasteiger partial charge in [0, 0.05) is 44.5 Å². The molecular formula is C29H31NO11S. The Labute approximate surface area is 246 Å². The first-order valence-electron chi connectivity index (χ1n) is 12.9. The second-order valence-electron chi connectivity index (χ2n) is 9.20. The summed E-state index contributed by atoms with van der Waals surface area (Å²) in [5.41, 5.74) is 0.343. The van der Waals surface area contributed by atoms with Gasteiger partial charge in [0.2, 0.25) is 5.91 Å². The predicted molar refractivity (Wildman–Crippen MR) is 149 cm³/mol. The number of esters is 4. The lowest BCUT2D eigenvalue weighted by Crippen LogP contribution is -2.61. The Balaban J connectivity index is 1.74. The van der Waals surface area contributed by atoms with Crippen LogP contribution in [0.4, 0.5) is 5.69 Å². The molecule has 2 aromatic rings. The monoisotopic (exact) mass is 601 g/mol. The minimum absolute atomic E-state index is 0.160. The molecule has 224 valence electrons. The first kappa shape index (κ1) is 32.3. The maximum atomic E-state index is 12.8. The van der Waals surface area contributed by atoms with Gasteiger partial charge in [-0.3, -0.25) is 28.8 Å². The highest BCUT2D eigenvalue weighted by molar-refractivity contribution is 8.00. The van der Waals surface area contributed by atoms with Gasteiger partial charge in [0.25, 0.3) is 0 Å². The molecule has 42 heavy (non-hydrogen) atoms. The lowest BCUT2D eigenvalue weighted by Gasteiger charge is -2.44. The summed E-state index contributed by atoms with van der Waals surface area (Å²) < 4.78 is 27.2. The number of hydrogen-bond donors (Lipinski definition) is 1. The normalized spacial score (nSPS) is 21.4. The van der Waals surface area contributed by atoms with Gasteiger partial charge in [0.15, 0.2) is 24.1 Å². The van der Waals surface area contributed by atoms with E-state index in [2.05, 4.69) is 5.32 Å². The third-order valence-electron chi connectivity index (χ3n) is 5.79. The third kappa shape index (κ3) is 9.42. The van der Waals surface area contributed by atoms with Crippen molar-refractivity contribution in [2.75, 3.05) is 17.7 Å². The highest BCUT2D eigenvalue weighted by Crippen LogP contribution is 2.34. The SMILES string of the molecule is CC(=O)OC[C@H]1O[C@@H](SCC(=O)Nc2ccc(C(=O)c3ccccc3)cc2)[C@H](OC(C)=O)[C@@H](OC(C)=O)[C@@H]1OC(C)=O. The number of anilines is 1. The van der Waals surface area contributed by atoms with Crippen molar-refractivity contribution >= 4 is 53.0 Å². The molecular weight excluding hydrogens is 570 g/mol. The Kier molecular flexibility index (Phi) is 11.6. The summed E-state index contributed by atoms with van der Waals surface area (Å²) in [6.07, 6.45) is -4.98. The van der Waals surface area contributed by atoms with E-state index in [1.165, 1.54) is 6.92 Å². The predicted octanol–water partition coefficient (Wildman–Crippen LogP) is 2.67. The number of hydrogen-bond acceptors (Lipinski definition) is 12. The minimum atomic E-state index is -1.32. The molecule has 0 spiro atoms. The van der Waals surface area contributed by atoms with E-state index < -0.39 is 59.6 Å². The maximum Gasteiger partial charge on any atom is 0.303 e. The van der Waals surface area contributed by atoms with Gasteiger partial charge in [-0.1, -0.05) is 30.3 Å². The van der Waals surface area contributed by atoms with Gasteiger partial charge in [-0.05, 0) is 24.3 Å². The van der Waals surface area contributed by atoms with Crippen LogP contribution in [0, 0.1) is 0 Å². The highest BCUT2D eigenvalue weighted by atomic mass is 32.2. The number of carbonyl (C=O) groups excluding carboxylic acids is 6. The van der Waals surface area contributed by atoms with Gasteiger partial charge in [0.1, 0.15) is 18.1 Å². The lowest BCUT2D eigenvalue weighted by molar-refractivity contribution is -0.237. The molecule has 3 rings (SSSR count). The molecule has 1 N–H and O–H groups in total. The fourth-order valence-electron chi connectivity index (χ4n) is 4.14. The van der Waals surface area contributed by atoms with Crippen molar-refractivity contribution in [3.8, 4) is 0 Å². The fourth-order valence-corrected chi connectivity index (χ4v) is 5.15. The fraction of sp³-hybridized carbons (Fsp3) is 0.379. The number of carbonyl (C=O) groups is 6. The molecule has 1 heterocycles. The molecule has 1 fully saturated rings. The van der Waals surface area contributed by atoms with Crippen molar-refractivity contribution in [2.24, 2.45) is 0 Å². The van der Waals surface area contributed by atoms with E-state index in [1.807, 2.05) is 6.07 Å². The number of ether oxygens (including phenoxy) is 5. The van der Waals surface area contributed by atoms with Crippen molar-refractivity contribution in [1.29, 1.82) is 0 Å². The van der Waals surface area contributed by atoms with Gasteiger partial charge in [-0.25, -0.2) is 0 Å². The summed E-state index contributed by atoms with van der Waals surface area (Å²) in [4.78, 5) is 72.6. The van der Waals surface area contributed by atoms with E-state index in [1.54, 1.807) is 48.5 Å². The summed E-state index contributed by atoms with van der Waals surface area (Å²) in [6.45, 7) is 4.20. The summed E-state index contributed by atoms with van der Waals surface area (Å²) in [5, 5.41) is 2.71. The molecule has 1 amide bonds. The molecule has 1 aliphatic rings. The number of rotatable bonds is 11. The van der Waals surface area contributed by atoms with Crippen LogP contribution >= 0.6 is 11.8 Å². The summed E-state index contributed by atoms with van der Waals surface area (Å²) >= 11 is 0.932. The molecule has 0 radical (unpaired) electrons. The van der Waals surface area contributed by atoms with Crippen LogP contribution < -0.4 is 5.32 Å². The van der Waals surface area contributed by atoms with Gasteiger partial charge in [0.05, 0.1) is 5.75 Å². The topological polar surface area (TPSA) is 161 Å². The van der Waals surface area contributed by atoms with E-state index in [0.717, 1.165) is 32.5 Å². The van der Waals surface area contributed by atoms with Crippen molar-refractivity contribution < 1.29 is 52.5 Å². The average molecular weight is 602 g/mol. The molecule has 0 aliphatic carbocycles. The number of nitrogens with one attached hydrogen (secondary N) is 1. The Morgan fingerprint density at radius 3 is 1.83 bits per heavy atom. The molecule has 5 atom stereocenters. The number of amides is 1. The lowest BCUT2D eigenvalue weighted by atomic mass is 9.99. The molecule has 0 bridgehead atoms. The second kappa shape index (κ2) is 15.1. The molecule has 13 heteroatoms. The van der Waals surface area contributed by atoms with Gasteiger partial charge >= 0.3 is 23.9 Å². The Morgan fingerprint density at radius 2 is 1.26 bits per heavy atom. The van der Waals surface area contributed by atoms with E-state index in [0.29, 0.717) is 16.8 Å².